The van der Waals surface area contributed by atoms with Crippen LogP contribution >= 0.6 is 11.8 Å². The van der Waals surface area contributed by atoms with Crippen LogP contribution < -0.4 is 16.3 Å². The summed E-state index contributed by atoms with van der Waals surface area (Å²) in [4.78, 5) is 11.8. The number of rotatable bonds is 7. The Morgan fingerprint density at radius 2 is 1.85 bits per heavy atom. The van der Waals surface area contributed by atoms with Gasteiger partial charge in [-0.15, -0.1) is 10.2 Å². The minimum Gasteiger partial charge on any atom is -0.486 e. The Hall–Kier alpha value is -3.07. The predicted molar refractivity (Wildman–Crippen MR) is 95.1 cm³/mol. The first-order valence-corrected chi connectivity index (χ1v) is 8.51. The zero-order chi connectivity index (χ0) is 18.5. The molecule has 0 saturated heterocycles. The van der Waals surface area contributed by atoms with Crippen molar-refractivity contribution in [1.82, 2.24) is 14.9 Å². The number of hydrogen-bond acceptors (Lipinski definition) is 6. The van der Waals surface area contributed by atoms with Crippen LogP contribution in [0.2, 0.25) is 0 Å². The fourth-order valence-corrected chi connectivity index (χ4v) is 3.12. The second-order valence-electron chi connectivity index (χ2n) is 5.32. The highest BCUT2D eigenvalue weighted by Gasteiger charge is 2.23. The van der Waals surface area contributed by atoms with Gasteiger partial charge in [0.15, 0.2) is 5.82 Å². The molecule has 7 nitrogen and oxygen atoms in total. The summed E-state index contributed by atoms with van der Waals surface area (Å²) in [5.74, 6) is 5.97. The molecule has 0 aliphatic carbocycles. The number of carbonyl (C=O) groups is 1. The number of nitrogens with two attached hydrogens (primary N) is 2. The number of amides is 1. The Morgan fingerprint density at radius 3 is 2.50 bits per heavy atom. The SMILES string of the molecule is NC(=O)C(Sc1nnc(COc2ccc(F)cc2)n1N)c1ccccc1. The van der Waals surface area contributed by atoms with Gasteiger partial charge in [-0.25, -0.2) is 9.07 Å². The first-order valence-electron chi connectivity index (χ1n) is 7.63. The van der Waals surface area contributed by atoms with Crippen LogP contribution in [0.3, 0.4) is 0 Å². The maximum Gasteiger partial charge on any atom is 0.235 e. The lowest BCUT2D eigenvalue weighted by molar-refractivity contribution is -0.117. The third kappa shape index (κ3) is 4.12. The molecule has 2 aromatic carbocycles. The van der Waals surface area contributed by atoms with E-state index in [2.05, 4.69) is 10.2 Å². The number of ether oxygens (including phenoxy) is 1. The zero-order valence-electron chi connectivity index (χ0n) is 13.6. The molecule has 1 unspecified atom stereocenters. The standard InChI is InChI=1S/C17H16FN5O2S/c18-12-6-8-13(9-7-12)25-10-14-21-22-17(23(14)20)26-15(16(19)24)11-4-2-1-3-5-11/h1-9,15H,10,20H2,(H2,19,24). The number of benzene rings is 2. The summed E-state index contributed by atoms with van der Waals surface area (Å²) < 4.78 is 19.7. The Labute approximate surface area is 153 Å². The van der Waals surface area contributed by atoms with Crippen molar-refractivity contribution in [2.45, 2.75) is 17.0 Å². The first kappa shape index (κ1) is 17.7. The summed E-state index contributed by atoms with van der Waals surface area (Å²) >= 11 is 1.11. The van der Waals surface area contributed by atoms with Crippen LogP contribution in [0.1, 0.15) is 16.6 Å². The van der Waals surface area contributed by atoms with Gasteiger partial charge in [0.25, 0.3) is 0 Å². The number of carbonyl (C=O) groups excluding carboxylic acids is 1. The van der Waals surface area contributed by atoms with Crippen LogP contribution in [0, 0.1) is 5.82 Å². The van der Waals surface area contributed by atoms with Gasteiger partial charge in [-0.3, -0.25) is 4.79 Å². The number of nitrogens with zero attached hydrogens (tertiary/aromatic N) is 3. The molecule has 0 bridgehead atoms. The maximum absolute atomic E-state index is 12.9. The minimum atomic E-state index is -0.645. The molecule has 134 valence electrons. The monoisotopic (exact) mass is 373 g/mol. The van der Waals surface area contributed by atoms with Crippen LogP contribution in [0.5, 0.6) is 5.75 Å². The van der Waals surface area contributed by atoms with Gasteiger partial charge in [0.1, 0.15) is 23.4 Å². The normalized spacial score (nSPS) is 11.9. The minimum absolute atomic E-state index is 0.0439. The van der Waals surface area contributed by atoms with Gasteiger partial charge in [-0.2, -0.15) is 0 Å². The largest absolute Gasteiger partial charge is 0.486 e. The van der Waals surface area contributed by atoms with E-state index in [-0.39, 0.29) is 12.4 Å². The van der Waals surface area contributed by atoms with Crippen LogP contribution in [0.4, 0.5) is 4.39 Å². The molecule has 0 spiro atoms. The topological polar surface area (TPSA) is 109 Å². The molecule has 9 heteroatoms. The molecule has 0 aliphatic heterocycles. The van der Waals surface area contributed by atoms with Gasteiger partial charge >= 0.3 is 0 Å². The van der Waals surface area contributed by atoms with Crippen molar-refractivity contribution in [3.63, 3.8) is 0 Å². The van der Waals surface area contributed by atoms with Crippen molar-refractivity contribution in [1.29, 1.82) is 0 Å². The molecule has 0 aliphatic rings. The summed E-state index contributed by atoms with van der Waals surface area (Å²) in [5.41, 5.74) is 6.25. The van der Waals surface area contributed by atoms with Crippen molar-refractivity contribution < 1.29 is 13.9 Å². The predicted octanol–water partition coefficient (Wildman–Crippen LogP) is 2.03. The molecular formula is C17H16FN5O2S. The number of nitrogen functional groups attached to an aromatic ring is 1. The molecular weight excluding hydrogens is 357 g/mol. The van der Waals surface area contributed by atoms with E-state index in [0.717, 1.165) is 17.3 Å². The van der Waals surface area contributed by atoms with Gasteiger partial charge in [0, 0.05) is 0 Å². The quantitative estimate of drug-likeness (QED) is 0.484. The number of aromatic nitrogens is 3. The molecule has 26 heavy (non-hydrogen) atoms. The zero-order valence-corrected chi connectivity index (χ0v) is 14.4. The maximum atomic E-state index is 12.9. The Balaban J connectivity index is 1.71. The molecule has 0 radical (unpaired) electrons. The molecule has 0 saturated carbocycles. The second kappa shape index (κ2) is 7.87. The van der Waals surface area contributed by atoms with Gasteiger partial charge in [-0.1, -0.05) is 42.1 Å². The number of hydrogen-bond donors (Lipinski definition) is 2. The highest BCUT2D eigenvalue weighted by atomic mass is 32.2. The summed E-state index contributed by atoms with van der Waals surface area (Å²) in [7, 11) is 0. The fraction of sp³-hybridized carbons (Fsp3) is 0.118. The van der Waals surface area contributed by atoms with Gasteiger partial charge in [0.2, 0.25) is 11.1 Å². The summed E-state index contributed by atoms with van der Waals surface area (Å²) in [6.45, 7) is 0.0439. The van der Waals surface area contributed by atoms with E-state index in [0.29, 0.717) is 16.7 Å². The van der Waals surface area contributed by atoms with E-state index in [9.17, 15) is 9.18 Å². The van der Waals surface area contributed by atoms with Crippen molar-refractivity contribution in [3.8, 4) is 5.75 Å². The van der Waals surface area contributed by atoms with Crippen molar-refractivity contribution >= 4 is 17.7 Å². The molecule has 0 fully saturated rings. The number of primary amides is 1. The Kier molecular flexibility index (Phi) is 5.37. The average molecular weight is 373 g/mol. The van der Waals surface area contributed by atoms with E-state index < -0.39 is 11.2 Å². The second-order valence-corrected chi connectivity index (χ2v) is 6.39. The Bertz CT molecular complexity index is 886. The third-order valence-corrected chi connectivity index (χ3v) is 4.73. The van der Waals surface area contributed by atoms with Crippen molar-refractivity contribution in [3.05, 3.63) is 71.8 Å². The lowest BCUT2D eigenvalue weighted by Crippen LogP contribution is -2.21. The number of halogens is 1. The average Bonchev–Trinajstić information content (AvgIpc) is 2.99. The summed E-state index contributed by atoms with van der Waals surface area (Å²) in [6.07, 6.45) is 0. The first-order chi connectivity index (χ1) is 12.5. The van der Waals surface area contributed by atoms with Gasteiger partial charge in [-0.05, 0) is 29.8 Å². The smallest absolute Gasteiger partial charge is 0.235 e. The highest BCUT2D eigenvalue weighted by Crippen LogP contribution is 2.33. The van der Waals surface area contributed by atoms with E-state index >= 15 is 0 Å². The molecule has 1 heterocycles. The van der Waals surface area contributed by atoms with E-state index in [4.69, 9.17) is 16.3 Å². The summed E-state index contributed by atoms with van der Waals surface area (Å²) in [5, 5.41) is 7.65. The van der Waals surface area contributed by atoms with E-state index in [1.54, 1.807) is 12.1 Å². The molecule has 4 N–H and O–H groups in total. The molecule has 3 rings (SSSR count). The molecule has 3 aromatic rings. The van der Waals surface area contributed by atoms with Crippen LogP contribution in [0.15, 0.2) is 59.8 Å². The lowest BCUT2D eigenvalue weighted by atomic mass is 10.1. The molecule has 1 amide bonds. The summed E-state index contributed by atoms with van der Waals surface area (Å²) in [6, 6.07) is 14.7. The third-order valence-electron chi connectivity index (χ3n) is 3.50. The lowest BCUT2D eigenvalue weighted by Gasteiger charge is -2.12. The highest BCUT2D eigenvalue weighted by molar-refractivity contribution is 8.00. The van der Waals surface area contributed by atoms with Crippen molar-refractivity contribution in [2.24, 2.45) is 5.73 Å². The van der Waals surface area contributed by atoms with E-state index in [1.807, 2.05) is 18.2 Å². The van der Waals surface area contributed by atoms with Gasteiger partial charge in [0.05, 0.1) is 0 Å². The van der Waals surface area contributed by atoms with E-state index in [1.165, 1.54) is 28.9 Å². The fourth-order valence-electron chi connectivity index (χ4n) is 2.19. The van der Waals surface area contributed by atoms with Crippen LogP contribution in [-0.4, -0.2) is 20.8 Å². The molecule has 1 aromatic heterocycles. The Morgan fingerprint density at radius 1 is 1.15 bits per heavy atom. The van der Waals surface area contributed by atoms with Crippen molar-refractivity contribution in [2.75, 3.05) is 5.84 Å². The molecule has 1 atom stereocenters. The van der Waals surface area contributed by atoms with Crippen LogP contribution in [0.25, 0.3) is 0 Å². The number of thioether (sulfide) groups is 1. The van der Waals surface area contributed by atoms with Gasteiger partial charge < -0.3 is 16.3 Å². The van der Waals surface area contributed by atoms with Crippen LogP contribution in [-0.2, 0) is 11.4 Å².